The molecule has 2 aliphatic rings. The smallest absolute Gasteiger partial charge is 0.415 e. The molecule has 10 heteroatoms. The van der Waals surface area contributed by atoms with Crippen LogP contribution >= 0.6 is 0 Å². The van der Waals surface area contributed by atoms with Gasteiger partial charge in [-0.05, 0) is 6.92 Å². The topological polar surface area (TPSA) is 84.0 Å². The molecule has 2 saturated heterocycles. The second-order valence-electron chi connectivity index (χ2n) is 5.99. The number of anilines is 2. The summed E-state index contributed by atoms with van der Waals surface area (Å²) >= 11 is 0. The van der Waals surface area contributed by atoms with Gasteiger partial charge >= 0.3 is 6.09 Å². The Bertz CT molecular complexity index is 805. The standard InChI is InChI=1S/C15H16F2N2O5S/c1-9(20)13-8-19(15(21)24-13)10-6-11(16)14(12(17)7-10)18-2-4-25(22,23)5-3-18/h6-7,13H,2-5,8H2,1H3/t13-/m1/s1. The second kappa shape index (κ2) is 6.25. The van der Waals surface area contributed by atoms with Crippen molar-refractivity contribution in [3.63, 3.8) is 0 Å². The summed E-state index contributed by atoms with van der Waals surface area (Å²) in [6.07, 6.45) is -1.82. The van der Waals surface area contributed by atoms with Gasteiger partial charge in [-0.2, -0.15) is 0 Å². The normalized spacial score (nSPS) is 22.8. The van der Waals surface area contributed by atoms with E-state index < -0.39 is 33.7 Å². The Morgan fingerprint density at radius 3 is 2.24 bits per heavy atom. The van der Waals surface area contributed by atoms with Gasteiger partial charge in [-0.15, -0.1) is 0 Å². The van der Waals surface area contributed by atoms with Crippen LogP contribution in [0.1, 0.15) is 6.92 Å². The quantitative estimate of drug-likeness (QED) is 0.788. The summed E-state index contributed by atoms with van der Waals surface area (Å²) in [5.41, 5.74) is -0.383. The van der Waals surface area contributed by atoms with Crippen molar-refractivity contribution < 1.29 is 31.5 Å². The van der Waals surface area contributed by atoms with Crippen LogP contribution in [-0.4, -0.2) is 57.5 Å². The molecule has 1 atom stereocenters. The van der Waals surface area contributed by atoms with Crippen LogP contribution in [-0.2, 0) is 19.4 Å². The van der Waals surface area contributed by atoms with Crippen LogP contribution in [0.5, 0.6) is 0 Å². The molecule has 0 saturated carbocycles. The zero-order valence-corrected chi connectivity index (χ0v) is 14.2. The summed E-state index contributed by atoms with van der Waals surface area (Å²) in [6.45, 7) is 1.13. The van der Waals surface area contributed by atoms with Crippen molar-refractivity contribution >= 4 is 33.1 Å². The minimum atomic E-state index is -3.18. The molecule has 25 heavy (non-hydrogen) atoms. The third kappa shape index (κ3) is 3.44. The first kappa shape index (κ1) is 17.6. The van der Waals surface area contributed by atoms with Crippen LogP contribution in [0.25, 0.3) is 0 Å². The number of amides is 1. The number of rotatable bonds is 3. The molecule has 2 fully saturated rings. The highest BCUT2D eigenvalue weighted by molar-refractivity contribution is 7.91. The number of nitrogens with zero attached hydrogens (tertiary/aromatic N) is 2. The van der Waals surface area contributed by atoms with E-state index >= 15 is 0 Å². The molecule has 1 aromatic rings. The molecule has 136 valence electrons. The van der Waals surface area contributed by atoms with Gasteiger partial charge in [0.2, 0.25) is 0 Å². The van der Waals surface area contributed by atoms with E-state index in [-0.39, 0.29) is 48.3 Å². The van der Waals surface area contributed by atoms with Gasteiger partial charge in [-0.3, -0.25) is 9.69 Å². The number of carbonyl (C=O) groups excluding carboxylic acids is 2. The van der Waals surface area contributed by atoms with E-state index in [9.17, 15) is 26.8 Å². The van der Waals surface area contributed by atoms with Crippen molar-refractivity contribution in [2.45, 2.75) is 13.0 Å². The maximum atomic E-state index is 14.4. The molecule has 0 N–H and O–H groups in total. The van der Waals surface area contributed by atoms with Gasteiger partial charge in [0.25, 0.3) is 0 Å². The molecule has 3 rings (SSSR count). The van der Waals surface area contributed by atoms with Crippen molar-refractivity contribution in [2.24, 2.45) is 0 Å². The highest BCUT2D eigenvalue weighted by atomic mass is 32.2. The Balaban J connectivity index is 1.86. The summed E-state index contributed by atoms with van der Waals surface area (Å²) in [6, 6.07) is 1.95. The minimum Gasteiger partial charge on any atom is -0.436 e. The van der Waals surface area contributed by atoms with E-state index in [2.05, 4.69) is 0 Å². The van der Waals surface area contributed by atoms with Crippen LogP contribution in [0.3, 0.4) is 0 Å². The van der Waals surface area contributed by atoms with E-state index in [1.54, 1.807) is 0 Å². The summed E-state index contributed by atoms with van der Waals surface area (Å²) in [5.74, 6) is -2.52. The Labute approximate surface area is 143 Å². The van der Waals surface area contributed by atoms with Gasteiger partial charge in [0, 0.05) is 25.2 Å². The lowest BCUT2D eigenvalue weighted by atomic mass is 10.2. The first-order valence-electron chi connectivity index (χ1n) is 7.61. The molecule has 0 spiro atoms. The molecule has 0 radical (unpaired) electrons. The molecule has 2 heterocycles. The van der Waals surface area contributed by atoms with Crippen molar-refractivity contribution in [2.75, 3.05) is 40.9 Å². The molecule has 0 aromatic heterocycles. The second-order valence-corrected chi connectivity index (χ2v) is 8.29. The lowest BCUT2D eigenvalue weighted by Gasteiger charge is -2.29. The van der Waals surface area contributed by atoms with Crippen molar-refractivity contribution in [1.82, 2.24) is 0 Å². The van der Waals surface area contributed by atoms with Crippen LogP contribution in [0, 0.1) is 11.6 Å². The first-order valence-corrected chi connectivity index (χ1v) is 9.43. The lowest BCUT2D eigenvalue weighted by molar-refractivity contribution is -0.123. The zero-order valence-electron chi connectivity index (χ0n) is 13.4. The Morgan fingerprint density at radius 2 is 1.76 bits per heavy atom. The van der Waals surface area contributed by atoms with Crippen LogP contribution in [0.15, 0.2) is 12.1 Å². The summed E-state index contributed by atoms with van der Waals surface area (Å²) < 4.78 is 56.6. The van der Waals surface area contributed by atoms with Gasteiger partial charge in [0.1, 0.15) is 5.69 Å². The number of carbonyl (C=O) groups is 2. The number of hydrogen-bond acceptors (Lipinski definition) is 6. The number of halogens is 2. The lowest BCUT2D eigenvalue weighted by Crippen LogP contribution is -2.41. The number of sulfone groups is 1. The molecule has 1 amide bonds. The largest absolute Gasteiger partial charge is 0.436 e. The Hall–Kier alpha value is -2.23. The summed E-state index contributed by atoms with van der Waals surface area (Å²) in [5, 5.41) is 0. The Morgan fingerprint density at radius 1 is 1.20 bits per heavy atom. The molecule has 1 aromatic carbocycles. The van der Waals surface area contributed by atoms with Crippen molar-refractivity contribution in [3.8, 4) is 0 Å². The van der Waals surface area contributed by atoms with Gasteiger partial charge in [0.05, 0.1) is 23.7 Å². The molecule has 2 aliphatic heterocycles. The number of ether oxygens (including phenoxy) is 1. The SMILES string of the molecule is CC(=O)[C@H]1CN(c2cc(F)c(N3CCS(=O)(=O)CC3)c(F)c2)C(=O)O1. The highest BCUT2D eigenvalue weighted by Crippen LogP contribution is 2.31. The van der Waals surface area contributed by atoms with Crippen LogP contribution in [0.4, 0.5) is 25.0 Å². The van der Waals surface area contributed by atoms with Gasteiger partial charge in [-0.1, -0.05) is 0 Å². The van der Waals surface area contributed by atoms with Crippen molar-refractivity contribution in [1.29, 1.82) is 0 Å². The number of benzene rings is 1. The van der Waals surface area contributed by atoms with Crippen LogP contribution < -0.4 is 9.80 Å². The first-order chi connectivity index (χ1) is 11.7. The van der Waals surface area contributed by atoms with Gasteiger partial charge < -0.3 is 9.64 Å². The molecular formula is C15H16F2N2O5S. The zero-order chi connectivity index (χ0) is 18.4. The van der Waals surface area contributed by atoms with Gasteiger partial charge in [0.15, 0.2) is 33.4 Å². The number of ketones is 1. The monoisotopic (exact) mass is 374 g/mol. The van der Waals surface area contributed by atoms with E-state index in [0.717, 1.165) is 17.0 Å². The fourth-order valence-corrected chi connectivity index (χ4v) is 4.03. The predicted molar refractivity (Wildman–Crippen MR) is 85.5 cm³/mol. The molecule has 0 aliphatic carbocycles. The average Bonchev–Trinajstić information content (AvgIpc) is 2.90. The van der Waals surface area contributed by atoms with E-state index in [4.69, 9.17) is 4.74 Å². The Kier molecular flexibility index (Phi) is 4.40. The van der Waals surface area contributed by atoms with E-state index in [1.807, 2.05) is 0 Å². The van der Waals surface area contributed by atoms with Gasteiger partial charge in [-0.25, -0.2) is 22.0 Å². The molecular weight excluding hydrogens is 358 g/mol. The van der Waals surface area contributed by atoms with E-state index in [1.165, 1.54) is 11.8 Å². The third-order valence-electron chi connectivity index (χ3n) is 4.24. The maximum absolute atomic E-state index is 14.4. The summed E-state index contributed by atoms with van der Waals surface area (Å²) in [4.78, 5) is 25.4. The third-order valence-corrected chi connectivity index (χ3v) is 5.85. The number of cyclic esters (lactones) is 1. The maximum Gasteiger partial charge on any atom is 0.415 e. The predicted octanol–water partition coefficient (Wildman–Crippen LogP) is 1.11. The van der Waals surface area contributed by atoms with E-state index in [0.29, 0.717) is 0 Å². The number of hydrogen-bond donors (Lipinski definition) is 0. The van der Waals surface area contributed by atoms with Crippen molar-refractivity contribution in [3.05, 3.63) is 23.8 Å². The number of Topliss-reactive ketones (excluding diaryl/α,β-unsaturated/α-hetero) is 1. The molecule has 0 bridgehead atoms. The highest BCUT2D eigenvalue weighted by Gasteiger charge is 2.36. The average molecular weight is 374 g/mol. The minimum absolute atomic E-state index is 0.00626. The molecule has 0 unspecified atom stereocenters. The molecule has 7 nitrogen and oxygen atoms in total. The summed E-state index contributed by atoms with van der Waals surface area (Å²) in [7, 11) is -3.18. The fourth-order valence-electron chi connectivity index (χ4n) is 2.83. The van der Waals surface area contributed by atoms with Crippen LogP contribution in [0.2, 0.25) is 0 Å². The fraction of sp³-hybridized carbons (Fsp3) is 0.467.